The lowest BCUT2D eigenvalue weighted by Gasteiger charge is -2.10. The highest BCUT2D eigenvalue weighted by Crippen LogP contribution is 2.41. The molecule has 2 aromatic rings. The number of nitrogens with one attached hydrogen (secondary N) is 1. The van der Waals surface area contributed by atoms with E-state index in [1.807, 2.05) is 0 Å². The van der Waals surface area contributed by atoms with E-state index in [0.29, 0.717) is 11.1 Å². The second-order valence-electron chi connectivity index (χ2n) is 6.74. The highest BCUT2D eigenvalue weighted by molar-refractivity contribution is 7.90. The van der Waals surface area contributed by atoms with E-state index in [9.17, 15) is 21.6 Å². The van der Waals surface area contributed by atoms with Crippen molar-refractivity contribution in [3.05, 3.63) is 46.8 Å². The lowest BCUT2D eigenvalue weighted by atomic mass is 10.1. The van der Waals surface area contributed by atoms with Gasteiger partial charge in [-0.2, -0.15) is 5.10 Å². The van der Waals surface area contributed by atoms with Crippen molar-refractivity contribution in [3.63, 3.8) is 0 Å². The van der Waals surface area contributed by atoms with E-state index in [1.165, 1.54) is 22.9 Å². The molecule has 0 bridgehead atoms. The average Bonchev–Trinajstić information content (AvgIpc) is 3.22. The number of aromatic nitrogens is 2. The van der Waals surface area contributed by atoms with Gasteiger partial charge in [0.25, 0.3) is 15.9 Å². The number of sulfonamides is 1. The Labute approximate surface area is 151 Å². The van der Waals surface area contributed by atoms with Gasteiger partial charge in [0.1, 0.15) is 5.69 Å². The van der Waals surface area contributed by atoms with Crippen LogP contribution in [0.5, 0.6) is 0 Å². The molecule has 0 radical (unpaired) electrons. The summed E-state index contributed by atoms with van der Waals surface area (Å²) in [7, 11) is -5.76. The van der Waals surface area contributed by atoms with Crippen LogP contribution in [0.3, 0.4) is 0 Å². The lowest BCUT2D eigenvalue weighted by molar-refractivity contribution is 0.0971. The van der Waals surface area contributed by atoms with Crippen molar-refractivity contribution in [1.29, 1.82) is 0 Å². The first-order chi connectivity index (χ1) is 12.2. The quantitative estimate of drug-likeness (QED) is 0.820. The number of hydrogen-bond acceptors (Lipinski definition) is 6. The van der Waals surface area contributed by atoms with E-state index in [-0.39, 0.29) is 28.0 Å². The zero-order chi connectivity index (χ0) is 18.7. The van der Waals surface area contributed by atoms with Crippen LogP contribution >= 0.6 is 0 Å². The molecule has 1 aromatic carbocycles. The van der Waals surface area contributed by atoms with Gasteiger partial charge in [-0.3, -0.25) is 9.48 Å². The van der Waals surface area contributed by atoms with Gasteiger partial charge in [0.2, 0.25) is 0 Å². The third kappa shape index (κ3) is 3.03. The largest absolute Gasteiger partial charge is 0.283 e. The Morgan fingerprint density at radius 2 is 1.92 bits per heavy atom. The number of hydrogen-bond donors (Lipinski definition) is 1. The molecular formula is C16H17N3O5S2. The van der Waals surface area contributed by atoms with Gasteiger partial charge in [-0.1, -0.05) is 6.07 Å². The predicted molar refractivity (Wildman–Crippen MR) is 92.6 cm³/mol. The Bertz CT molecular complexity index is 1130. The molecule has 10 heteroatoms. The second-order valence-corrected chi connectivity index (χ2v) is 10.5. The number of nitrogens with zero attached hydrogens (tertiary/aromatic N) is 2. The van der Waals surface area contributed by atoms with Crippen molar-refractivity contribution >= 4 is 25.8 Å². The average molecular weight is 395 g/mol. The Morgan fingerprint density at radius 3 is 2.62 bits per heavy atom. The number of benzene rings is 1. The van der Waals surface area contributed by atoms with Crippen LogP contribution < -0.4 is 4.72 Å². The summed E-state index contributed by atoms with van der Waals surface area (Å²) in [6.07, 6.45) is 3.51. The van der Waals surface area contributed by atoms with Crippen LogP contribution in [0.2, 0.25) is 0 Å². The summed E-state index contributed by atoms with van der Waals surface area (Å²) < 4.78 is 52.0. The van der Waals surface area contributed by atoms with Gasteiger partial charge in [0, 0.05) is 12.6 Å². The van der Waals surface area contributed by atoms with Crippen LogP contribution in [0.4, 0.5) is 0 Å². The van der Waals surface area contributed by atoms with E-state index in [4.69, 9.17) is 0 Å². The lowest BCUT2D eigenvalue weighted by Crippen LogP contribution is -2.32. The second kappa shape index (κ2) is 5.65. The molecule has 4 rings (SSSR count). The smallest absolute Gasteiger partial charge is 0.266 e. The van der Waals surface area contributed by atoms with E-state index < -0.39 is 25.8 Å². The fourth-order valence-electron chi connectivity index (χ4n) is 3.22. The number of carbonyl (C=O) groups excluding carboxylic acids is 1. The Morgan fingerprint density at radius 1 is 1.23 bits per heavy atom. The summed E-state index contributed by atoms with van der Waals surface area (Å²) in [5.41, 5.74) is 2.04. The van der Waals surface area contributed by atoms with Crippen LogP contribution in [0, 0.1) is 0 Å². The van der Waals surface area contributed by atoms with E-state index in [1.54, 1.807) is 13.2 Å². The molecule has 26 heavy (non-hydrogen) atoms. The maximum absolute atomic E-state index is 12.6. The SMILES string of the molecule is Cn1ncc(C2CC2)c1C(=O)NS(=O)(=O)c1ccc2c(c1)CS(=O)(=O)C2. The minimum atomic E-state index is -4.12. The predicted octanol–water partition coefficient (Wildman–Crippen LogP) is 0.845. The zero-order valence-corrected chi connectivity index (χ0v) is 15.6. The standard InChI is InChI=1S/C16H17N3O5S2/c1-19-15(14(7-17-19)10-2-3-10)16(20)18-26(23,24)13-5-4-11-8-25(21,22)9-12(11)6-13/h4-7,10H,2-3,8-9H2,1H3,(H,18,20). The first-order valence-electron chi connectivity index (χ1n) is 8.07. The first kappa shape index (κ1) is 17.2. The zero-order valence-electron chi connectivity index (χ0n) is 14.0. The molecule has 1 amide bonds. The minimum Gasteiger partial charge on any atom is -0.266 e. The molecule has 0 atom stereocenters. The summed E-state index contributed by atoms with van der Waals surface area (Å²) in [6.45, 7) is 0. The molecule has 1 N–H and O–H groups in total. The normalized spacial score (nSPS) is 18.5. The number of aryl methyl sites for hydroxylation is 1. The van der Waals surface area contributed by atoms with Crippen molar-refractivity contribution < 1.29 is 21.6 Å². The third-order valence-corrected chi connectivity index (χ3v) is 7.50. The molecule has 8 nitrogen and oxygen atoms in total. The van der Waals surface area contributed by atoms with Crippen LogP contribution in [0.25, 0.3) is 0 Å². The molecule has 2 aliphatic rings. The van der Waals surface area contributed by atoms with Gasteiger partial charge in [-0.15, -0.1) is 0 Å². The van der Waals surface area contributed by atoms with Crippen molar-refractivity contribution in [2.24, 2.45) is 7.05 Å². The molecule has 1 aliphatic carbocycles. The van der Waals surface area contributed by atoms with Gasteiger partial charge >= 0.3 is 0 Å². The number of fused-ring (bicyclic) bond motifs is 1. The molecule has 0 saturated heterocycles. The van der Waals surface area contributed by atoms with Gasteiger partial charge in [0.05, 0.1) is 22.6 Å². The van der Waals surface area contributed by atoms with Gasteiger partial charge < -0.3 is 0 Å². The Hall–Kier alpha value is -2.20. The van der Waals surface area contributed by atoms with E-state index in [2.05, 4.69) is 9.82 Å². The molecule has 1 saturated carbocycles. The Balaban J connectivity index is 1.63. The van der Waals surface area contributed by atoms with E-state index in [0.717, 1.165) is 18.4 Å². The van der Waals surface area contributed by atoms with Gasteiger partial charge in [0.15, 0.2) is 9.84 Å². The number of sulfone groups is 1. The minimum absolute atomic E-state index is 0.0885. The summed E-state index contributed by atoms with van der Waals surface area (Å²) in [6, 6.07) is 4.12. The van der Waals surface area contributed by atoms with Crippen molar-refractivity contribution in [3.8, 4) is 0 Å². The summed E-state index contributed by atoms with van der Waals surface area (Å²) in [5, 5.41) is 4.06. The van der Waals surface area contributed by atoms with Crippen molar-refractivity contribution in [2.45, 2.75) is 35.2 Å². The Kier molecular flexibility index (Phi) is 3.74. The summed E-state index contributed by atoms with van der Waals surface area (Å²) in [5.74, 6) is -0.764. The molecule has 0 unspecified atom stereocenters. The van der Waals surface area contributed by atoms with Gasteiger partial charge in [-0.05, 0) is 42.0 Å². The molecule has 1 aliphatic heterocycles. The van der Waals surface area contributed by atoms with Crippen molar-refractivity contribution in [2.75, 3.05) is 0 Å². The maximum atomic E-state index is 12.6. The van der Waals surface area contributed by atoms with Crippen molar-refractivity contribution in [1.82, 2.24) is 14.5 Å². The van der Waals surface area contributed by atoms with Crippen LogP contribution in [0.1, 0.15) is 45.9 Å². The summed E-state index contributed by atoms with van der Waals surface area (Å²) >= 11 is 0. The highest BCUT2D eigenvalue weighted by Gasteiger charge is 2.33. The highest BCUT2D eigenvalue weighted by atomic mass is 32.2. The number of amides is 1. The fourth-order valence-corrected chi connectivity index (χ4v) is 5.83. The fraction of sp³-hybridized carbons (Fsp3) is 0.375. The first-order valence-corrected chi connectivity index (χ1v) is 11.4. The molecule has 138 valence electrons. The monoisotopic (exact) mass is 395 g/mol. The van der Waals surface area contributed by atoms with E-state index >= 15 is 0 Å². The van der Waals surface area contributed by atoms with Crippen LogP contribution in [0.15, 0.2) is 29.3 Å². The third-order valence-electron chi connectivity index (χ3n) is 4.67. The number of rotatable bonds is 4. The van der Waals surface area contributed by atoms with Crippen LogP contribution in [-0.4, -0.2) is 32.5 Å². The van der Waals surface area contributed by atoms with Gasteiger partial charge in [-0.25, -0.2) is 21.6 Å². The molecule has 1 aromatic heterocycles. The summed E-state index contributed by atoms with van der Waals surface area (Å²) in [4.78, 5) is 12.4. The topological polar surface area (TPSA) is 115 Å². The molecular weight excluding hydrogens is 378 g/mol. The molecule has 2 heterocycles. The van der Waals surface area contributed by atoms with Crippen LogP contribution in [-0.2, 0) is 38.4 Å². The number of carbonyl (C=O) groups is 1. The maximum Gasteiger partial charge on any atom is 0.283 e. The molecule has 0 spiro atoms. The molecule has 1 fully saturated rings.